The van der Waals surface area contributed by atoms with Crippen molar-refractivity contribution in [3.05, 3.63) is 87.0 Å². The molecule has 8 nitrogen and oxygen atoms in total. The van der Waals surface area contributed by atoms with Gasteiger partial charge in [0.15, 0.2) is 16.9 Å². The quantitative estimate of drug-likeness (QED) is 0.290. The number of rotatable bonds is 8. The van der Waals surface area contributed by atoms with E-state index in [9.17, 15) is 14.0 Å². The molecule has 1 aliphatic heterocycles. The van der Waals surface area contributed by atoms with E-state index in [0.717, 1.165) is 11.1 Å². The number of amides is 1. The summed E-state index contributed by atoms with van der Waals surface area (Å²) in [5.74, 6) is 0.0191. The molecule has 3 heterocycles. The number of hydrogen-bond donors (Lipinski definition) is 0. The largest absolute Gasteiger partial charge is 0.493 e. The van der Waals surface area contributed by atoms with Crippen molar-refractivity contribution in [2.24, 2.45) is 5.92 Å². The maximum atomic E-state index is 14.0. The maximum Gasteiger partial charge on any atom is 0.297 e. The lowest BCUT2D eigenvalue weighted by atomic mass is 9.98. The Morgan fingerprint density at radius 3 is 2.73 bits per heavy atom. The first kappa shape index (κ1) is 24.6. The summed E-state index contributed by atoms with van der Waals surface area (Å²) in [6.45, 7) is 8.06. The first-order chi connectivity index (χ1) is 17.8. The first-order valence-electron chi connectivity index (χ1n) is 11.7. The van der Waals surface area contributed by atoms with Crippen LogP contribution in [0.3, 0.4) is 0 Å². The molecule has 1 amide bonds. The molecule has 1 aliphatic rings. The highest BCUT2D eigenvalue weighted by Crippen LogP contribution is 2.44. The molecule has 0 spiro atoms. The molecule has 1 unspecified atom stereocenters. The van der Waals surface area contributed by atoms with E-state index in [1.165, 1.54) is 35.5 Å². The number of ether oxygens (including phenoxy) is 2. The second-order valence-electron chi connectivity index (χ2n) is 8.98. The molecular formula is C27H24FN3O5S. The number of halogens is 1. The van der Waals surface area contributed by atoms with Crippen molar-refractivity contribution in [2.45, 2.75) is 26.3 Å². The van der Waals surface area contributed by atoms with E-state index in [4.69, 9.17) is 13.9 Å². The molecule has 0 saturated carbocycles. The Labute approximate surface area is 216 Å². The first-order valence-corrected chi connectivity index (χ1v) is 12.5. The zero-order valence-electron chi connectivity index (χ0n) is 20.5. The van der Waals surface area contributed by atoms with Gasteiger partial charge in [0.1, 0.15) is 23.0 Å². The molecule has 0 N–H and O–H groups in total. The summed E-state index contributed by atoms with van der Waals surface area (Å²) in [6, 6.07) is 7.89. The van der Waals surface area contributed by atoms with Gasteiger partial charge in [-0.2, -0.15) is 0 Å². The van der Waals surface area contributed by atoms with Gasteiger partial charge in [-0.1, -0.05) is 43.9 Å². The fraction of sp³-hybridized carbons (Fsp3) is 0.259. The molecule has 37 heavy (non-hydrogen) atoms. The van der Waals surface area contributed by atoms with Crippen LogP contribution >= 0.6 is 11.3 Å². The third-order valence-corrected chi connectivity index (χ3v) is 6.88. The number of aromatic nitrogens is 2. The highest BCUT2D eigenvalue weighted by Gasteiger charge is 2.45. The zero-order valence-corrected chi connectivity index (χ0v) is 21.3. The molecule has 5 rings (SSSR count). The Hall–Kier alpha value is -4.05. The minimum atomic E-state index is -0.895. The van der Waals surface area contributed by atoms with E-state index in [2.05, 4.69) is 30.6 Å². The number of nitrogens with zero attached hydrogens (tertiary/aromatic N) is 3. The predicted octanol–water partition coefficient (Wildman–Crippen LogP) is 5.31. The lowest BCUT2D eigenvalue weighted by Gasteiger charge is -2.23. The van der Waals surface area contributed by atoms with Crippen molar-refractivity contribution in [3.8, 4) is 11.5 Å². The van der Waals surface area contributed by atoms with Crippen LogP contribution in [0.2, 0.25) is 0 Å². The Balaban J connectivity index is 1.72. The fourth-order valence-corrected chi connectivity index (χ4v) is 5.43. The van der Waals surface area contributed by atoms with Crippen LogP contribution in [0.5, 0.6) is 11.5 Å². The van der Waals surface area contributed by atoms with Crippen LogP contribution in [0.4, 0.5) is 9.52 Å². The number of carbonyl (C=O) groups excluding carboxylic acids is 1. The third kappa shape index (κ3) is 4.37. The molecule has 0 saturated heterocycles. The van der Waals surface area contributed by atoms with Crippen molar-refractivity contribution in [1.82, 2.24) is 10.2 Å². The zero-order chi connectivity index (χ0) is 26.3. The van der Waals surface area contributed by atoms with Crippen LogP contribution in [-0.2, 0) is 6.42 Å². The Kier molecular flexibility index (Phi) is 6.51. The third-order valence-electron chi connectivity index (χ3n) is 5.94. The van der Waals surface area contributed by atoms with E-state index >= 15 is 0 Å². The van der Waals surface area contributed by atoms with Gasteiger partial charge in [0.05, 0.1) is 24.1 Å². The summed E-state index contributed by atoms with van der Waals surface area (Å²) in [5, 5.41) is 9.69. The standard InChI is InChI=1S/C27H24FN3O5S/c1-5-10-35-19-8-6-15(12-20(19)34-4)23-22-24(32)17-13-16(28)7-9-18(17)36-25(22)26(33)31(23)27-30-29-21(37-27)11-14(2)3/h5-9,12-14,23H,1,10-11H2,2-4H3. The monoisotopic (exact) mass is 521 g/mol. The van der Waals surface area contributed by atoms with Crippen LogP contribution in [0, 0.1) is 11.7 Å². The number of carbonyl (C=O) groups is 1. The molecule has 0 bridgehead atoms. The van der Waals surface area contributed by atoms with Crippen molar-refractivity contribution < 1.29 is 23.1 Å². The van der Waals surface area contributed by atoms with Crippen molar-refractivity contribution in [1.29, 1.82) is 0 Å². The Bertz CT molecular complexity index is 1580. The summed E-state index contributed by atoms with van der Waals surface area (Å²) < 4.78 is 31.1. The average Bonchev–Trinajstić information content (AvgIpc) is 3.44. The summed E-state index contributed by atoms with van der Waals surface area (Å²) in [5.41, 5.74) is 0.307. The minimum absolute atomic E-state index is 0.0501. The van der Waals surface area contributed by atoms with E-state index in [1.54, 1.807) is 24.3 Å². The van der Waals surface area contributed by atoms with Gasteiger partial charge in [-0.15, -0.1) is 10.2 Å². The second-order valence-corrected chi connectivity index (χ2v) is 10.0. The van der Waals surface area contributed by atoms with Gasteiger partial charge >= 0.3 is 0 Å². The smallest absolute Gasteiger partial charge is 0.297 e. The number of methoxy groups -OCH3 is 1. The van der Waals surface area contributed by atoms with Crippen molar-refractivity contribution in [3.63, 3.8) is 0 Å². The van der Waals surface area contributed by atoms with Gasteiger partial charge < -0.3 is 13.9 Å². The number of hydrogen-bond acceptors (Lipinski definition) is 8. The Morgan fingerprint density at radius 2 is 2.00 bits per heavy atom. The molecule has 0 aliphatic carbocycles. The van der Waals surface area contributed by atoms with Crippen LogP contribution in [0.15, 0.2) is 58.3 Å². The fourth-order valence-electron chi connectivity index (χ4n) is 4.35. The van der Waals surface area contributed by atoms with Gasteiger partial charge in [0.25, 0.3) is 5.91 Å². The SMILES string of the molecule is C=CCOc1ccc(C2c3c(oc4ccc(F)cc4c3=O)C(=O)N2c2nnc(CC(C)C)s2)cc1OC. The number of anilines is 1. The van der Waals surface area contributed by atoms with Crippen molar-refractivity contribution in [2.75, 3.05) is 18.6 Å². The summed E-state index contributed by atoms with van der Waals surface area (Å²) >= 11 is 1.28. The molecule has 2 aromatic carbocycles. The van der Waals surface area contributed by atoms with E-state index in [0.29, 0.717) is 34.5 Å². The summed E-state index contributed by atoms with van der Waals surface area (Å²) in [6.07, 6.45) is 2.31. The summed E-state index contributed by atoms with van der Waals surface area (Å²) in [4.78, 5) is 28.8. The van der Waals surface area contributed by atoms with E-state index in [-0.39, 0.29) is 28.9 Å². The molecule has 4 aromatic rings. The maximum absolute atomic E-state index is 14.0. The van der Waals surface area contributed by atoms with Crippen LogP contribution in [0.1, 0.15) is 46.6 Å². The average molecular weight is 522 g/mol. The van der Waals surface area contributed by atoms with Gasteiger partial charge in [0.2, 0.25) is 10.9 Å². The number of benzene rings is 2. The highest BCUT2D eigenvalue weighted by atomic mass is 32.1. The van der Waals surface area contributed by atoms with Crippen LogP contribution in [0.25, 0.3) is 11.0 Å². The van der Waals surface area contributed by atoms with Crippen molar-refractivity contribution >= 4 is 33.3 Å². The Morgan fingerprint density at radius 1 is 1.19 bits per heavy atom. The second kappa shape index (κ2) is 9.78. The molecule has 190 valence electrons. The minimum Gasteiger partial charge on any atom is -0.493 e. The molecule has 10 heteroatoms. The van der Waals surface area contributed by atoms with Crippen LogP contribution in [-0.4, -0.2) is 29.8 Å². The lowest BCUT2D eigenvalue weighted by molar-refractivity contribution is 0.0970. The molecule has 2 aromatic heterocycles. The lowest BCUT2D eigenvalue weighted by Crippen LogP contribution is -2.29. The molecular weight excluding hydrogens is 497 g/mol. The predicted molar refractivity (Wildman–Crippen MR) is 138 cm³/mol. The van der Waals surface area contributed by atoms with E-state index in [1.807, 2.05) is 0 Å². The topological polar surface area (TPSA) is 94.8 Å². The normalized spacial score (nSPS) is 14.9. The van der Waals surface area contributed by atoms with Gasteiger partial charge in [-0.25, -0.2) is 4.39 Å². The number of fused-ring (bicyclic) bond motifs is 2. The van der Waals surface area contributed by atoms with E-state index < -0.39 is 23.2 Å². The highest BCUT2D eigenvalue weighted by molar-refractivity contribution is 7.15. The van der Waals surface area contributed by atoms with Gasteiger partial charge in [-0.05, 0) is 41.8 Å². The van der Waals surface area contributed by atoms with Crippen LogP contribution < -0.4 is 19.8 Å². The molecule has 0 radical (unpaired) electrons. The van der Waals surface area contributed by atoms with Gasteiger partial charge in [-0.3, -0.25) is 14.5 Å². The van der Waals surface area contributed by atoms with Gasteiger partial charge in [0, 0.05) is 6.42 Å². The molecule has 1 atom stereocenters. The summed E-state index contributed by atoms with van der Waals surface area (Å²) in [7, 11) is 1.50. The molecule has 0 fully saturated rings.